The van der Waals surface area contributed by atoms with Crippen LogP contribution in [0, 0.1) is 0 Å². The normalized spacial score (nSPS) is 24.2. The van der Waals surface area contributed by atoms with Crippen LogP contribution in [0.1, 0.15) is 55.5 Å². The smallest absolute Gasteiger partial charge is 0.308 e. The molecule has 7 nitrogen and oxygen atoms in total. The molecule has 41 heavy (non-hydrogen) atoms. The lowest BCUT2D eigenvalue weighted by Crippen LogP contribution is -2.68. The highest BCUT2D eigenvalue weighted by Crippen LogP contribution is 2.55. The fourth-order valence-corrected chi connectivity index (χ4v) is 7.04. The lowest BCUT2D eigenvalue weighted by Gasteiger charge is -2.60. The van der Waals surface area contributed by atoms with Crippen LogP contribution in [0.4, 0.5) is 0 Å². The number of benzene rings is 3. The molecule has 1 aliphatic heterocycles. The van der Waals surface area contributed by atoms with Crippen LogP contribution in [-0.2, 0) is 19.7 Å². The third-order valence-corrected chi connectivity index (χ3v) is 8.91. The second-order valence-corrected chi connectivity index (χ2v) is 11.4. The first kappa shape index (κ1) is 28.6. The molecule has 0 radical (unpaired) electrons. The predicted molar refractivity (Wildman–Crippen MR) is 159 cm³/mol. The Morgan fingerprint density at radius 2 is 1.78 bits per heavy atom. The topological polar surface area (TPSA) is 76.2 Å². The first-order chi connectivity index (χ1) is 19.7. The number of fused-ring (bicyclic) bond motifs is 2. The van der Waals surface area contributed by atoms with Crippen molar-refractivity contribution in [3.05, 3.63) is 90.5 Å². The number of likely N-dealkylation sites (tertiary alicyclic amines) is 1. The summed E-state index contributed by atoms with van der Waals surface area (Å²) in [4.78, 5) is 42.4. The van der Waals surface area contributed by atoms with Gasteiger partial charge < -0.3 is 14.4 Å². The summed E-state index contributed by atoms with van der Waals surface area (Å²) < 4.78 is 11.8. The van der Waals surface area contributed by atoms with E-state index in [1.54, 1.807) is 6.07 Å². The van der Waals surface area contributed by atoms with Gasteiger partial charge in [-0.2, -0.15) is 0 Å². The van der Waals surface area contributed by atoms with Crippen LogP contribution in [-0.4, -0.2) is 66.0 Å². The number of esters is 2. The zero-order chi connectivity index (χ0) is 29.2. The zero-order valence-corrected chi connectivity index (χ0v) is 24.1. The fraction of sp³-hybridized carbons (Fsp3) is 0.382. The van der Waals surface area contributed by atoms with Crippen LogP contribution in [0.15, 0.2) is 79.4 Å². The maximum atomic E-state index is 13.8. The van der Waals surface area contributed by atoms with Crippen LogP contribution in [0.5, 0.6) is 5.75 Å². The minimum absolute atomic E-state index is 0.0337. The van der Waals surface area contributed by atoms with Crippen molar-refractivity contribution >= 4 is 28.6 Å². The number of hydrogen-bond acceptors (Lipinski definition) is 6. The third-order valence-electron chi connectivity index (χ3n) is 8.91. The fourth-order valence-electron chi connectivity index (χ4n) is 7.04. The van der Waals surface area contributed by atoms with E-state index in [0.717, 1.165) is 22.9 Å². The van der Waals surface area contributed by atoms with E-state index in [4.69, 9.17) is 9.47 Å². The summed E-state index contributed by atoms with van der Waals surface area (Å²) in [6, 6.07) is 21.3. The number of carbonyl (C=O) groups is 3. The van der Waals surface area contributed by atoms with Crippen molar-refractivity contribution < 1.29 is 23.9 Å². The van der Waals surface area contributed by atoms with Gasteiger partial charge in [-0.1, -0.05) is 48.5 Å². The Hall–Kier alpha value is -3.97. The molecule has 3 aromatic rings. The van der Waals surface area contributed by atoms with Crippen LogP contribution in [0.25, 0.3) is 10.8 Å². The molecule has 1 saturated carbocycles. The summed E-state index contributed by atoms with van der Waals surface area (Å²) in [7, 11) is 1.87. The number of carbonyl (C=O) groups excluding carboxylic acids is 3. The van der Waals surface area contributed by atoms with Crippen LogP contribution in [0.3, 0.4) is 0 Å². The van der Waals surface area contributed by atoms with Crippen molar-refractivity contribution in [2.45, 2.75) is 56.6 Å². The minimum Gasteiger partial charge on any atom is -0.457 e. The Bertz CT molecular complexity index is 1480. The van der Waals surface area contributed by atoms with Crippen molar-refractivity contribution in [1.29, 1.82) is 0 Å². The monoisotopic (exact) mass is 554 g/mol. The average Bonchev–Trinajstić information content (AvgIpc) is 2.95. The SMILES string of the molecule is C=CCN1CCC2(c3cccc(OC(C)=O)c3)CC(N(C)C(=O)c3ccc4ccccc4c3)CCC2(OC(C)=O)C1. The summed E-state index contributed by atoms with van der Waals surface area (Å²) in [6.45, 7) is 8.79. The van der Waals surface area contributed by atoms with Gasteiger partial charge in [-0.15, -0.1) is 6.58 Å². The number of hydrogen-bond donors (Lipinski definition) is 0. The molecule has 2 fully saturated rings. The molecule has 3 aromatic carbocycles. The van der Waals surface area contributed by atoms with E-state index < -0.39 is 17.0 Å². The van der Waals surface area contributed by atoms with Gasteiger partial charge in [0.25, 0.3) is 5.91 Å². The largest absolute Gasteiger partial charge is 0.457 e. The number of amides is 1. The van der Waals surface area contributed by atoms with E-state index in [9.17, 15) is 14.4 Å². The standard InChI is InChI=1S/C34H38N2O5/c1-5-18-36-19-17-33(29-11-8-12-31(21-29)40-24(2)37)22-30(15-16-34(33,23-36)41-25(3)38)35(4)32(39)28-14-13-26-9-6-7-10-27(26)20-28/h5-14,20-21,30H,1,15-19,22-23H2,2-4H3. The van der Waals surface area contributed by atoms with Gasteiger partial charge in [0.05, 0.1) is 0 Å². The highest BCUT2D eigenvalue weighted by molar-refractivity contribution is 5.98. The van der Waals surface area contributed by atoms with E-state index >= 15 is 0 Å². The molecule has 3 unspecified atom stereocenters. The molecular formula is C34H38N2O5. The number of nitrogens with zero attached hydrogens (tertiary/aromatic N) is 2. The molecule has 1 heterocycles. The quantitative estimate of drug-likeness (QED) is 0.217. The van der Waals surface area contributed by atoms with E-state index in [2.05, 4.69) is 11.5 Å². The Morgan fingerprint density at radius 3 is 2.51 bits per heavy atom. The Kier molecular flexibility index (Phi) is 8.00. The molecule has 2 aliphatic rings. The van der Waals surface area contributed by atoms with Gasteiger partial charge in [-0.25, -0.2) is 0 Å². The van der Waals surface area contributed by atoms with Gasteiger partial charge in [0.1, 0.15) is 11.4 Å². The summed E-state index contributed by atoms with van der Waals surface area (Å²) in [6.07, 6.45) is 4.49. The molecule has 3 atom stereocenters. The molecule has 5 rings (SSSR count). The molecule has 0 aromatic heterocycles. The molecule has 7 heteroatoms. The Balaban J connectivity index is 1.54. The molecule has 0 spiro atoms. The molecule has 1 aliphatic carbocycles. The predicted octanol–water partition coefficient (Wildman–Crippen LogP) is 5.52. The zero-order valence-electron chi connectivity index (χ0n) is 24.1. The molecule has 0 bridgehead atoms. The molecule has 1 saturated heterocycles. The summed E-state index contributed by atoms with van der Waals surface area (Å²) in [5.41, 5.74) is 0.202. The van der Waals surface area contributed by atoms with Crippen LogP contribution < -0.4 is 4.74 Å². The summed E-state index contributed by atoms with van der Waals surface area (Å²) >= 11 is 0. The summed E-state index contributed by atoms with van der Waals surface area (Å²) in [5.74, 6) is -0.301. The lowest BCUT2D eigenvalue weighted by molar-refractivity contribution is -0.188. The first-order valence-electron chi connectivity index (χ1n) is 14.2. The Morgan fingerprint density at radius 1 is 1.00 bits per heavy atom. The maximum absolute atomic E-state index is 13.8. The van der Waals surface area contributed by atoms with Crippen LogP contribution in [0.2, 0.25) is 0 Å². The highest BCUT2D eigenvalue weighted by atomic mass is 16.6. The second kappa shape index (κ2) is 11.5. The van der Waals surface area contributed by atoms with Crippen molar-refractivity contribution in [1.82, 2.24) is 9.80 Å². The van der Waals surface area contributed by atoms with Crippen LogP contribution >= 0.6 is 0 Å². The van der Waals surface area contributed by atoms with Crippen molar-refractivity contribution in [2.75, 3.05) is 26.7 Å². The van der Waals surface area contributed by atoms with E-state index in [1.165, 1.54) is 13.8 Å². The molecule has 1 amide bonds. The number of ether oxygens (including phenoxy) is 2. The van der Waals surface area contributed by atoms with Crippen molar-refractivity contribution in [3.8, 4) is 5.75 Å². The second-order valence-electron chi connectivity index (χ2n) is 11.4. The minimum atomic E-state index is -0.807. The van der Waals surface area contributed by atoms with Crippen molar-refractivity contribution in [3.63, 3.8) is 0 Å². The van der Waals surface area contributed by atoms with Gasteiger partial charge >= 0.3 is 11.9 Å². The van der Waals surface area contributed by atoms with Gasteiger partial charge in [0.2, 0.25) is 0 Å². The maximum Gasteiger partial charge on any atom is 0.308 e. The summed E-state index contributed by atoms with van der Waals surface area (Å²) in [5, 5.41) is 2.12. The van der Waals surface area contributed by atoms with Crippen molar-refractivity contribution in [2.24, 2.45) is 0 Å². The van der Waals surface area contributed by atoms with E-state index in [1.807, 2.05) is 78.7 Å². The average molecular weight is 555 g/mol. The molecule has 0 N–H and O–H groups in total. The molecule has 214 valence electrons. The van der Waals surface area contributed by atoms with Gasteiger partial charge in [-0.05, 0) is 72.8 Å². The van der Waals surface area contributed by atoms with Gasteiger partial charge in [0, 0.05) is 51.0 Å². The van der Waals surface area contributed by atoms with Gasteiger partial charge in [0.15, 0.2) is 0 Å². The number of rotatable bonds is 7. The highest BCUT2D eigenvalue weighted by Gasteiger charge is 2.61. The first-order valence-corrected chi connectivity index (χ1v) is 14.2. The van der Waals surface area contributed by atoms with Gasteiger partial charge in [-0.3, -0.25) is 19.3 Å². The van der Waals surface area contributed by atoms with E-state index in [0.29, 0.717) is 50.1 Å². The number of piperidine rings is 1. The lowest BCUT2D eigenvalue weighted by atomic mass is 9.55. The third kappa shape index (κ3) is 5.51. The molecular weight excluding hydrogens is 516 g/mol. The Labute approximate surface area is 241 Å². The van der Waals surface area contributed by atoms with E-state index in [-0.39, 0.29) is 17.9 Å².